The molecule has 52 heavy (non-hydrogen) atoms. The first-order valence-corrected chi connectivity index (χ1v) is 18.2. The van der Waals surface area contributed by atoms with Crippen molar-refractivity contribution in [1.82, 2.24) is 35.6 Å². The SMILES string of the molecule is CC[C@H](C)[C@@H]1NC(=O)CCCN(C(=O)c2ccc3c(c2)CCCO3)CCCNC(=O)Cn2nc(Cc3ccc(OC)c(OC)c3)nc2[C@@H](C)NC1=O. The van der Waals surface area contributed by atoms with Crippen molar-refractivity contribution in [3.63, 3.8) is 0 Å². The molecular weight excluding hydrogens is 666 g/mol. The Morgan fingerprint density at radius 3 is 2.54 bits per heavy atom. The molecule has 2 aliphatic rings. The lowest BCUT2D eigenvalue weighted by Crippen LogP contribution is -2.51. The maximum atomic E-state index is 13.8. The highest BCUT2D eigenvalue weighted by Crippen LogP contribution is 2.29. The van der Waals surface area contributed by atoms with E-state index >= 15 is 0 Å². The summed E-state index contributed by atoms with van der Waals surface area (Å²) >= 11 is 0. The van der Waals surface area contributed by atoms with E-state index in [4.69, 9.17) is 19.2 Å². The van der Waals surface area contributed by atoms with Gasteiger partial charge in [-0.2, -0.15) is 5.10 Å². The van der Waals surface area contributed by atoms with E-state index in [0.717, 1.165) is 29.7 Å². The summed E-state index contributed by atoms with van der Waals surface area (Å²) in [7, 11) is 3.13. The van der Waals surface area contributed by atoms with Gasteiger partial charge >= 0.3 is 0 Å². The van der Waals surface area contributed by atoms with Gasteiger partial charge in [-0.3, -0.25) is 19.2 Å². The van der Waals surface area contributed by atoms with Crippen LogP contribution in [0.15, 0.2) is 36.4 Å². The number of nitrogens with one attached hydrogen (secondary N) is 3. The lowest BCUT2D eigenvalue weighted by Gasteiger charge is -2.26. The second-order valence-corrected chi connectivity index (χ2v) is 13.4. The van der Waals surface area contributed by atoms with E-state index in [0.29, 0.717) is 80.6 Å². The number of hydrogen-bond donors (Lipinski definition) is 3. The van der Waals surface area contributed by atoms with Crippen molar-refractivity contribution in [2.24, 2.45) is 5.92 Å². The molecule has 5 rings (SSSR count). The summed E-state index contributed by atoms with van der Waals surface area (Å²) < 4.78 is 18.1. The number of methoxy groups -OCH3 is 2. The molecule has 0 saturated carbocycles. The summed E-state index contributed by atoms with van der Waals surface area (Å²) in [5.41, 5.74) is 2.44. The monoisotopic (exact) mass is 717 g/mol. The Bertz CT molecular complexity index is 1740. The molecular formula is C38H51N7O7. The van der Waals surface area contributed by atoms with Crippen molar-refractivity contribution in [3.8, 4) is 17.2 Å². The van der Waals surface area contributed by atoms with Gasteiger partial charge in [-0.05, 0) is 80.0 Å². The normalized spacial score (nSPS) is 19.7. The van der Waals surface area contributed by atoms with E-state index in [-0.39, 0.29) is 42.5 Å². The van der Waals surface area contributed by atoms with Gasteiger partial charge in [0.15, 0.2) is 17.3 Å². The number of aryl methyl sites for hydroxylation is 1. The Morgan fingerprint density at radius 2 is 1.77 bits per heavy atom. The number of hydrogen-bond acceptors (Lipinski definition) is 9. The van der Waals surface area contributed by atoms with Gasteiger partial charge < -0.3 is 35.1 Å². The Labute approximate surface area is 305 Å². The summed E-state index contributed by atoms with van der Waals surface area (Å²) in [4.78, 5) is 60.5. The molecule has 1 aromatic heterocycles. The second-order valence-electron chi connectivity index (χ2n) is 13.4. The Morgan fingerprint density at radius 1 is 0.981 bits per heavy atom. The molecule has 4 amide bonds. The predicted molar refractivity (Wildman–Crippen MR) is 193 cm³/mol. The van der Waals surface area contributed by atoms with Crippen molar-refractivity contribution in [2.75, 3.05) is 40.5 Å². The summed E-state index contributed by atoms with van der Waals surface area (Å²) in [5.74, 6) is 1.63. The quantitative estimate of drug-likeness (QED) is 0.332. The van der Waals surface area contributed by atoms with Crippen LogP contribution in [-0.4, -0.2) is 89.8 Å². The fraction of sp³-hybridized carbons (Fsp3) is 0.526. The van der Waals surface area contributed by atoms with Gasteiger partial charge in [0.05, 0.1) is 26.9 Å². The van der Waals surface area contributed by atoms with Crippen LogP contribution in [0.4, 0.5) is 0 Å². The zero-order valence-electron chi connectivity index (χ0n) is 30.8. The highest BCUT2D eigenvalue weighted by Gasteiger charge is 2.29. The number of fused-ring (bicyclic) bond motifs is 2. The zero-order valence-corrected chi connectivity index (χ0v) is 30.8. The minimum Gasteiger partial charge on any atom is -0.493 e. The van der Waals surface area contributed by atoms with Gasteiger partial charge in [-0.1, -0.05) is 26.3 Å². The van der Waals surface area contributed by atoms with E-state index in [9.17, 15) is 19.2 Å². The largest absolute Gasteiger partial charge is 0.493 e. The van der Waals surface area contributed by atoms with Crippen LogP contribution in [0.25, 0.3) is 0 Å². The van der Waals surface area contributed by atoms with Crippen molar-refractivity contribution in [3.05, 3.63) is 64.7 Å². The third-order valence-electron chi connectivity index (χ3n) is 9.61. The number of ether oxygens (including phenoxy) is 3. The fourth-order valence-electron chi connectivity index (χ4n) is 6.51. The molecule has 0 saturated heterocycles. The standard InChI is InChI=1S/C38H51N7O7/c1-6-24(2)35-37(48)40-25(3)36-41-32(21-26-12-14-30(50-4)31(20-26)51-5)43-45(36)23-34(47)39-16-9-18-44(17-7-11-33(46)42-35)38(49)28-13-15-29-27(22-28)10-8-19-52-29/h12-15,20,22,24-25,35H,6-11,16-19,21,23H2,1-5H3,(H,39,47)(H,40,48)(H,42,46)/t24-,25+,35-/m0/s1. The molecule has 3 heterocycles. The van der Waals surface area contributed by atoms with Gasteiger partial charge in [0.1, 0.15) is 24.2 Å². The lowest BCUT2D eigenvalue weighted by atomic mass is 9.97. The lowest BCUT2D eigenvalue weighted by molar-refractivity contribution is -0.130. The smallest absolute Gasteiger partial charge is 0.253 e. The van der Waals surface area contributed by atoms with Crippen LogP contribution in [-0.2, 0) is 33.8 Å². The molecule has 0 unspecified atom stereocenters. The number of benzene rings is 2. The van der Waals surface area contributed by atoms with Gasteiger partial charge in [0.2, 0.25) is 17.7 Å². The highest BCUT2D eigenvalue weighted by atomic mass is 16.5. The third-order valence-corrected chi connectivity index (χ3v) is 9.61. The van der Waals surface area contributed by atoms with Crippen molar-refractivity contribution >= 4 is 23.6 Å². The molecule has 0 radical (unpaired) electrons. The van der Waals surface area contributed by atoms with E-state index in [1.807, 2.05) is 38.1 Å². The predicted octanol–water partition coefficient (Wildman–Crippen LogP) is 3.36. The van der Waals surface area contributed by atoms with Crippen LogP contribution in [0.1, 0.15) is 92.1 Å². The Kier molecular flexibility index (Phi) is 13.1. The van der Waals surface area contributed by atoms with Crippen molar-refractivity contribution < 1.29 is 33.4 Å². The summed E-state index contributed by atoms with van der Waals surface area (Å²) in [6.45, 7) is 7.25. The van der Waals surface area contributed by atoms with E-state index in [1.165, 1.54) is 4.68 Å². The zero-order chi connectivity index (χ0) is 37.2. The van der Waals surface area contributed by atoms with Crippen LogP contribution < -0.4 is 30.2 Å². The molecule has 0 aliphatic carbocycles. The number of aromatic nitrogens is 3. The van der Waals surface area contributed by atoms with Gasteiger partial charge in [-0.15, -0.1) is 0 Å². The minimum atomic E-state index is -0.791. The van der Waals surface area contributed by atoms with Crippen LogP contribution in [0, 0.1) is 5.92 Å². The second kappa shape index (κ2) is 17.9. The number of nitrogens with zero attached hydrogens (tertiary/aromatic N) is 4. The number of carbonyl (C=O) groups is 4. The molecule has 2 aromatic carbocycles. The maximum Gasteiger partial charge on any atom is 0.253 e. The molecule has 0 spiro atoms. The first-order chi connectivity index (χ1) is 25.1. The van der Waals surface area contributed by atoms with Crippen LogP contribution in [0.5, 0.6) is 17.2 Å². The number of amides is 4. The Balaban J connectivity index is 1.38. The molecule has 14 heteroatoms. The summed E-state index contributed by atoms with van der Waals surface area (Å²) in [5, 5.41) is 13.6. The topological polar surface area (TPSA) is 166 Å². The van der Waals surface area contributed by atoms with Gasteiger partial charge in [-0.25, -0.2) is 9.67 Å². The van der Waals surface area contributed by atoms with Crippen LogP contribution in [0.2, 0.25) is 0 Å². The van der Waals surface area contributed by atoms with Gasteiger partial charge in [0.25, 0.3) is 5.91 Å². The van der Waals surface area contributed by atoms with Crippen molar-refractivity contribution in [1.29, 1.82) is 0 Å². The van der Waals surface area contributed by atoms with E-state index in [2.05, 4.69) is 21.0 Å². The molecule has 14 nitrogen and oxygen atoms in total. The number of carbonyl (C=O) groups excluding carboxylic acids is 4. The summed E-state index contributed by atoms with van der Waals surface area (Å²) in [6.07, 6.45) is 3.80. The van der Waals surface area contributed by atoms with E-state index < -0.39 is 12.1 Å². The molecule has 3 aromatic rings. The fourth-order valence-corrected chi connectivity index (χ4v) is 6.51. The van der Waals surface area contributed by atoms with Crippen molar-refractivity contribution in [2.45, 2.75) is 84.3 Å². The van der Waals surface area contributed by atoms with E-state index in [1.54, 1.807) is 38.2 Å². The average molecular weight is 718 g/mol. The third kappa shape index (κ3) is 9.59. The summed E-state index contributed by atoms with van der Waals surface area (Å²) in [6, 6.07) is 9.64. The Hall–Kier alpha value is -5.14. The first kappa shape index (κ1) is 38.1. The molecule has 3 atom stereocenters. The number of rotatable bonds is 7. The molecule has 0 bridgehead atoms. The highest BCUT2D eigenvalue weighted by molar-refractivity contribution is 5.94. The molecule has 2 aliphatic heterocycles. The minimum absolute atomic E-state index is 0.125. The average Bonchev–Trinajstić information content (AvgIpc) is 3.54. The molecule has 3 N–H and O–H groups in total. The van der Waals surface area contributed by atoms with Gasteiger partial charge in [0, 0.05) is 38.0 Å². The maximum absolute atomic E-state index is 13.8. The van der Waals surface area contributed by atoms with Crippen LogP contribution >= 0.6 is 0 Å². The molecule has 280 valence electrons. The first-order valence-electron chi connectivity index (χ1n) is 18.2. The molecule has 0 fully saturated rings. The van der Waals surface area contributed by atoms with Crippen LogP contribution in [0.3, 0.4) is 0 Å².